The van der Waals surface area contributed by atoms with Crippen molar-refractivity contribution in [2.75, 3.05) is 11.9 Å². The van der Waals surface area contributed by atoms with E-state index >= 15 is 0 Å². The number of rotatable bonds is 6. The number of anilines is 1. The minimum absolute atomic E-state index is 0.130. The second-order valence-corrected chi connectivity index (χ2v) is 6.62. The fourth-order valence-corrected chi connectivity index (χ4v) is 3.46. The van der Waals surface area contributed by atoms with E-state index in [1.165, 1.54) is 6.08 Å². The molecule has 2 amide bonds. The molecule has 0 spiro atoms. The summed E-state index contributed by atoms with van der Waals surface area (Å²) in [7, 11) is 0. The van der Waals surface area contributed by atoms with Gasteiger partial charge in [-0.15, -0.1) is 11.3 Å². The predicted octanol–water partition coefficient (Wildman–Crippen LogP) is 3.64. The summed E-state index contributed by atoms with van der Waals surface area (Å²) in [6.45, 7) is 3.41. The third kappa shape index (κ3) is 4.50. The van der Waals surface area contributed by atoms with Gasteiger partial charge in [0.25, 0.3) is 5.91 Å². The molecule has 0 aliphatic heterocycles. The van der Waals surface area contributed by atoms with Gasteiger partial charge in [-0.25, -0.2) is 4.79 Å². The topological polar surface area (TPSA) is 98.5 Å². The zero-order chi connectivity index (χ0) is 19.3. The van der Waals surface area contributed by atoms with Crippen molar-refractivity contribution in [1.29, 1.82) is 0 Å². The van der Waals surface area contributed by atoms with Gasteiger partial charge in [0.1, 0.15) is 5.00 Å². The summed E-state index contributed by atoms with van der Waals surface area (Å²) in [4.78, 5) is 36.1. The van der Waals surface area contributed by atoms with Crippen LogP contribution in [-0.2, 0) is 9.53 Å². The highest BCUT2D eigenvalue weighted by Gasteiger charge is 2.25. The molecule has 6 nitrogen and oxygen atoms in total. The number of amides is 2. The van der Waals surface area contributed by atoms with Crippen LogP contribution in [0.1, 0.15) is 38.1 Å². The lowest BCUT2D eigenvalue weighted by Crippen LogP contribution is -2.13. The molecular formula is C18H17ClN2O4S. The first-order chi connectivity index (χ1) is 12.3. The second-order valence-electron chi connectivity index (χ2n) is 5.19. The monoisotopic (exact) mass is 392 g/mol. The maximum absolute atomic E-state index is 12.2. The summed E-state index contributed by atoms with van der Waals surface area (Å²) in [6.07, 6.45) is 2.84. The van der Waals surface area contributed by atoms with E-state index in [2.05, 4.69) is 5.32 Å². The van der Waals surface area contributed by atoms with E-state index in [1.807, 2.05) is 0 Å². The molecule has 2 aromatic rings. The Morgan fingerprint density at radius 2 is 2.00 bits per heavy atom. The SMILES string of the molecule is CCOC(=O)c1c(NC(=O)/C=C\c2ccccc2Cl)sc(C(N)=O)c1C. The number of ether oxygens (including phenoxy) is 1. The van der Waals surface area contributed by atoms with Crippen LogP contribution in [0.4, 0.5) is 5.00 Å². The van der Waals surface area contributed by atoms with Crippen molar-refractivity contribution in [3.63, 3.8) is 0 Å². The third-order valence-corrected chi connectivity index (χ3v) is 4.97. The van der Waals surface area contributed by atoms with Crippen LogP contribution >= 0.6 is 22.9 Å². The first-order valence-corrected chi connectivity index (χ1v) is 8.88. The third-order valence-electron chi connectivity index (χ3n) is 3.41. The lowest BCUT2D eigenvalue weighted by atomic mass is 10.1. The number of primary amides is 1. The maximum atomic E-state index is 12.2. The van der Waals surface area contributed by atoms with Gasteiger partial charge in [0, 0.05) is 11.1 Å². The fraction of sp³-hybridized carbons (Fsp3) is 0.167. The van der Waals surface area contributed by atoms with Gasteiger partial charge in [0.05, 0.1) is 17.0 Å². The molecule has 1 aromatic carbocycles. The van der Waals surface area contributed by atoms with Crippen LogP contribution in [0.3, 0.4) is 0 Å². The quantitative estimate of drug-likeness (QED) is 0.579. The van der Waals surface area contributed by atoms with Crippen molar-refractivity contribution in [3.05, 3.63) is 56.9 Å². The van der Waals surface area contributed by atoms with Crippen LogP contribution in [0.2, 0.25) is 5.02 Å². The first kappa shape index (κ1) is 19.7. The molecule has 0 radical (unpaired) electrons. The summed E-state index contributed by atoms with van der Waals surface area (Å²) in [5, 5.41) is 3.31. The summed E-state index contributed by atoms with van der Waals surface area (Å²) in [5.74, 6) is -1.78. The lowest BCUT2D eigenvalue weighted by molar-refractivity contribution is -0.111. The minimum Gasteiger partial charge on any atom is -0.462 e. The number of hydrogen-bond donors (Lipinski definition) is 2. The van der Waals surface area contributed by atoms with E-state index in [0.717, 1.165) is 11.3 Å². The predicted molar refractivity (Wildman–Crippen MR) is 103 cm³/mol. The highest BCUT2D eigenvalue weighted by molar-refractivity contribution is 7.18. The van der Waals surface area contributed by atoms with E-state index < -0.39 is 17.8 Å². The van der Waals surface area contributed by atoms with Crippen molar-refractivity contribution in [1.82, 2.24) is 0 Å². The number of carbonyl (C=O) groups excluding carboxylic acids is 3. The Kier molecular flexibility index (Phi) is 6.54. The van der Waals surface area contributed by atoms with Crippen LogP contribution in [0.25, 0.3) is 6.08 Å². The Morgan fingerprint density at radius 1 is 1.31 bits per heavy atom. The van der Waals surface area contributed by atoms with E-state index in [0.29, 0.717) is 16.1 Å². The van der Waals surface area contributed by atoms with Crippen molar-refractivity contribution in [2.45, 2.75) is 13.8 Å². The van der Waals surface area contributed by atoms with E-state index in [-0.39, 0.29) is 22.0 Å². The molecule has 1 aromatic heterocycles. The largest absolute Gasteiger partial charge is 0.462 e. The Balaban J connectivity index is 2.29. The fourth-order valence-electron chi connectivity index (χ4n) is 2.21. The molecule has 1 heterocycles. The smallest absolute Gasteiger partial charge is 0.341 e. The van der Waals surface area contributed by atoms with Gasteiger partial charge in [0.15, 0.2) is 0 Å². The molecule has 136 valence electrons. The molecule has 0 saturated carbocycles. The summed E-state index contributed by atoms with van der Waals surface area (Å²) in [5.41, 5.74) is 6.52. The van der Waals surface area contributed by atoms with Crippen molar-refractivity contribution in [3.8, 4) is 0 Å². The van der Waals surface area contributed by atoms with Gasteiger partial charge in [-0.1, -0.05) is 29.8 Å². The molecule has 0 aliphatic carbocycles. The van der Waals surface area contributed by atoms with Crippen LogP contribution in [0.5, 0.6) is 0 Å². The van der Waals surface area contributed by atoms with Gasteiger partial charge < -0.3 is 15.8 Å². The maximum Gasteiger partial charge on any atom is 0.341 e. The first-order valence-electron chi connectivity index (χ1n) is 7.69. The Labute approximate surface area is 159 Å². The highest BCUT2D eigenvalue weighted by Crippen LogP contribution is 2.33. The van der Waals surface area contributed by atoms with Crippen LogP contribution in [0, 0.1) is 6.92 Å². The Morgan fingerprint density at radius 3 is 2.62 bits per heavy atom. The number of benzene rings is 1. The molecule has 0 unspecified atom stereocenters. The van der Waals surface area contributed by atoms with E-state index in [4.69, 9.17) is 22.1 Å². The number of hydrogen-bond acceptors (Lipinski definition) is 5. The van der Waals surface area contributed by atoms with E-state index in [9.17, 15) is 14.4 Å². The standard InChI is InChI=1S/C18H17ClN2O4S/c1-3-25-18(24)14-10(2)15(16(20)23)26-17(14)21-13(22)9-8-11-6-4-5-7-12(11)19/h4-9H,3H2,1-2H3,(H2,20,23)(H,21,22)/b9-8-. The second kappa shape index (κ2) is 8.64. The van der Waals surface area contributed by atoms with Crippen LogP contribution < -0.4 is 11.1 Å². The molecule has 0 saturated heterocycles. The number of halogens is 1. The lowest BCUT2D eigenvalue weighted by Gasteiger charge is -2.05. The van der Waals surface area contributed by atoms with Crippen LogP contribution in [-0.4, -0.2) is 24.4 Å². The summed E-state index contributed by atoms with van der Waals surface area (Å²) >= 11 is 6.97. The molecule has 0 atom stereocenters. The van der Waals surface area contributed by atoms with Gasteiger partial charge in [-0.05, 0) is 37.1 Å². The molecule has 8 heteroatoms. The average Bonchev–Trinajstić information content (AvgIpc) is 2.90. The zero-order valence-electron chi connectivity index (χ0n) is 14.2. The molecule has 0 bridgehead atoms. The Hall–Kier alpha value is -2.64. The van der Waals surface area contributed by atoms with Gasteiger partial charge in [0.2, 0.25) is 5.91 Å². The molecular weight excluding hydrogens is 376 g/mol. The number of carbonyl (C=O) groups is 3. The summed E-state index contributed by atoms with van der Waals surface area (Å²) in [6, 6.07) is 7.05. The van der Waals surface area contributed by atoms with Gasteiger partial charge in [-0.3, -0.25) is 9.59 Å². The summed E-state index contributed by atoms with van der Waals surface area (Å²) < 4.78 is 5.00. The zero-order valence-corrected chi connectivity index (χ0v) is 15.7. The molecule has 0 fully saturated rings. The van der Waals surface area contributed by atoms with Crippen molar-refractivity contribution < 1.29 is 19.1 Å². The van der Waals surface area contributed by atoms with Crippen molar-refractivity contribution in [2.24, 2.45) is 5.73 Å². The Bertz CT molecular complexity index is 889. The number of thiophene rings is 1. The van der Waals surface area contributed by atoms with Crippen molar-refractivity contribution >= 4 is 51.8 Å². The van der Waals surface area contributed by atoms with Gasteiger partial charge in [-0.2, -0.15) is 0 Å². The molecule has 0 aliphatic rings. The van der Waals surface area contributed by atoms with Gasteiger partial charge >= 0.3 is 5.97 Å². The minimum atomic E-state index is -0.676. The molecule has 3 N–H and O–H groups in total. The van der Waals surface area contributed by atoms with E-state index in [1.54, 1.807) is 44.2 Å². The number of nitrogens with two attached hydrogens (primary N) is 1. The normalized spacial score (nSPS) is 10.7. The molecule has 26 heavy (non-hydrogen) atoms. The number of nitrogens with one attached hydrogen (secondary N) is 1. The number of esters is 1. The van der Waals surface area contributed by atoms with Crippen LogP contribution in [0.15, 0.2) is 30.3 Å². The molecule has 2 rings (SSSR count). The highest BCUT2D eigenvalue weighted by atomic mass is 35.5. The average molecular weight is 393 g/mol.